The number of aliphatic imine (C=N–C) groups is 1. The maximum Gasteiger partial charge on any atom is 0.246 e. The molecule has 10 atom stereocenters. The number of likely N-dealkylation sites (tertiary alicyclic amines) is 1. The molecule has 524 valence electrons. The number of aromatic amines is 1. The highest BCUT2D eigenvalue weighted by atomic mass is 35.5. The van der Waals surface area contributed by atoms with Gasteiger partial charge in [0.05, 0.1) is 12.6 Å². The molecule has 0 unspecified atom stereocenters. The number of amides is 10. The average Bonchev–Trinajstić information content (AvgIpc) is 1.77. The van der Waals surface area contributed by atoms with Crippen LogP contribution in [0.25, 0.3) is 10.9 Å². The van der Waals surface area contributed by atoms with E-state index in [0.717, 1.165) is 11.1 Å². The number of nitrogens with two attached hydrogens (primary N) is 4. The van der Waals surface area contributed by atoms with Gasteiger partial charge in [0, 0.05) is 58.8 Å². The summed E-state index contributed by atoms with van der Waals surface area (Å²) in [5.74, 6) is -8.22. The van der Waals surface area contributed by atoms with Crippen LogP contribution in [-0.4, -0.2) is 172 Å². The molecule has 20 N–H and O–H groups in total. The fourth-order valence-corrected chi connectivity index (χ4v) is 11.2. The molecule has 1 fully saturated rings. The number of aromatic nitrogens is 1. The summed E-state index contributed by atoms with van der Waals surface area (Å²) in [5.41, 5.74) is 26.2. The molecule has 28 nitrogen and oxygen atoms in total. The number of unbranched alkanes of at least 4 members (excludes halogenated alkanes) is 1. The van der Waals surface area contributed by atoms with Gasteiger partial charge in [0.2, 0.25) is 59.1 Å². The second kappa shape index (κ2) is 37.8. The van der Waals surface area contributed by atoms with Crippen LogP contribution in [0.5, 0.6) is 5.75 Å². The number of guanidine groups is 1. The van der Waals surface area contributed by atoms with Crippen molar-refractivity contribution >= 4 is 105 Å². The number of aliphatic hydroxyl groups excluding tert-OH is 1. The zero-order chi connectivity index (χ0) is 70.9. The largest absolute Gasteiger partial charge is 0.508 e. The molecule has 1 saturated heterocycles. The predicted molar refractivity (Wildman–Crippen MR) is 368 cm³/mol. The summed E-state index contributed by atoms with van der Waals surface area (Å²) in [6.45, 7) is 5.92. The Hall–Kier alpha value is -9.35. The molecular formula is C67H90Cl2N16O12. The SMILES string of the molecule is CC(C)C[C@H](NC(=O)[C@@H](CCCCN)NC(=O)[C@H](Cc1ccc(O)cc1)NC(=O)[C@H](CO)NC(=O)[C@@H](Cc1c[nH]c2ccccc12)NC(=O)[C@H](C)NC(=O)[C@@H](N)Cc1ccc(Cl)cc1)C(=O)N[C@@H](CCCN=C(N)N)C(=O)N1CCC[C@H]1C(=O)N[C@H](C)C(=O)Nc1ccc(Cl)cc1. The average molecular weight is 1380 g/mol. The van der Waals surface area contributed by atoms with Crippen molar-refractivity contribution in [2.45, 2.75) is 159 Å². The topological polar surface area (TPSA) is 455 Å². The van der Waals surface area contributed by atoms with E-state index in [1.807, 2.05) is 6.07 Å². The Labute approximate surface area is 572 Å². The van der Waals surface area contributed by atoms with Gasteiger partial charge in [-0.3, -0.25) is 52.9 Å². The number of halogens is 2. The number of aromatic hydroxyl groups is 1. The van der Waals surface area contributed by atoms with Crippen molar-refractivity contribution in [3.63, 3.8) is 0 Å². The molecule has 1 aliphatic rings. The number of nitrogens with one attached hydrogen (secondary N) is 10. The third kappa shape index (κ3) is 24.1. The molecular weight excluding hydrogens is 1290 g/mol. The predicted octanol–water partition coefficient (Wildman–Crippen LogP) is 1.30. The van der Waals surface area contributed by atoms with Crippen LogP contribution in [0.3, 0.4) is 0 Å². The highest BCUT2D eigenvalue weighted by molar-refractivity contribution is 6.31. The van der Waals surface area contributed by atoms with Crippen LogP contribution in [0.2, 0.25) is 10.0 Å². The molecule has 30 heteroatoms. The first-order valence-electron chi connectivity index (χ1n) is 32.2. The van der Waals surface area contributed by atoms with Gasteiger partial charge in [-0.05, 0) is 155 Å². The second-order valence-electron chi connectivity index (χ2n) is 24.4. The van der Waals surface area contributed by atoms with E-state index >= 15 is 0 Å². The number of benzene rings is 4. The van der Waals surface area contributed by atoms with Crippen LogP contribution < -0.4 is 70.8 Å². The number of hydrogen-bond acceptors (Lipinski definition) is 15. The van der Waals surface area contributed by atoms with Crippen molar-refractivity contribution < 1.29 is 58.2 Å². The smallest absolute Gasteiger partial charge is 0.246 e. The van der Waals surface area contributed by atoms with Gasteiger partial charge in [0.1, 0.15) is 60.1 Å². The number of rotatable bonds is 36. The molecule has 1 aromatic heterocycles. The zero-order valence-electron chi connectivity index (χ0n) is 54.7. The van der Waals surface area contributed by atoms with E-state index in [1.54, 1.807) is 86.8 Å². The lowest BCUT2D eigenvalue weighted by atomic mass is 10.00. The van der Waals surface area contributed by atoms with E-state index in [2.05, 4.69) is 57.8 Å². The molecule has 5 aromatic rings. The highest BCUT2D eigenvalue weighted by Gasteiger charge is 2.40. The minimum Gasteiger partial charge on any atom is -0.508 e. The third-order valence-corrected chi connectivity index (χ3v) is 16.7. The summed E-state index contributed by atoms with van der Waals surface area (Å²) >= 11 is 12.0. The van der Waals surface area contributed by atoms with Gasteiger partial charge in [-0.25, -0.2) is 0 Å². The van der Waals surface area contributed by atoms with Gasteiger partial charge < -0.3 is 90.9 Å². The molecule has 0 bridgehead atoms. The van der Waals surface area contributed by atoms with E-state index in [-0.39, 0.29) is 88.6 Å². The number of nitrogens with zero attached hydrogens (tertiary/aromatic N) is 2. The lowest BCUT2D eigenvalue weighted by molar-refractivity contribution is -0.142. The number of carbonyl (C=O) groups is 10. The number of phenolic OH excluding ortho intramolecular Hbond substituents is 1. The fraction of sp³-hybridized carbons (Fsp3) is 0.448. The van der Waals surface area contributed by atoms with E-state index in [0.29, 0.717) is 51.5 Å². The summed E-state index contributed by atoms with van der Waals surface area (Å²) in [4.78, 5) is 150. The molecule has 10 amide bonds. The molecule has 97 heavy (non-hydrogen) atoms. The van der Waals surface area contributed by atoms with Crippen molar-refractivity contribution in [1.82, 2.24) is 52.4 Å². The summed E-state index contributed by atoms with van der Waals surface area (Å²) in [6, 6.07) is 13.0. The lowest BCUT2D eigenvalue weighted by Gasteiger charge is -2.31. The van der Waals surface area contributed by atoms with E-state index in [9.17, 15) is 58.2 Å². The van der Waals surface area contributed by atoms with Crippen LogP contribution in [0.1, 0.15) is 95.8 Å². The number of H-pyrrole nitrogens is 1. The number of carbonyl (C=O) groups excluding carboxylic acids is 10. The first-order chi connectivity index (χ1) is 46.2. The first-order valence-corrected chi connectivity index (χ1v) is 33.0. The Bertz CT molecular complexity index is 3540. The zero-order valence-corrected chi connectivity index (χ0v) is 56.2. The van der Waals surface area contributed by atoms with Crippen molar-refractivity contribution in [3.05, 3.63) is 130 Å². The molecule has 0 aliphatic carbocycles. The van der Waals surface area contributed by atoms with Crippen molar-refractivity contribution in [1.29, 1.82) is 0 Å². The molecule has 2 heterocycles. The Kier molecular flexibility index (Phi) is 29.9. The van der Waals surface area contributed by atoms with Crippen LogP contribution >= 0.6 is 23.2 Å². The monoisotopic (exact) mass is 1380 g/mol. The summed E-state index contributed by atoms with van der Waals surface area (Å²) in [5, 5.41) is 46.7. The molecule has 0 saturated carbocycles. The maximum absolute atomic E-state index is 14.8. The van der Waals surface area contributed by atoms with E-state index < -0.39 is 126 Å². The number of aliphatic hydroxyl groups is 1. The maximum atomic E-state index is 14.8. The molecule has 6 rings (SSSR count). The first kappa shape index (κ1) is 76.7. The highest BCUT2D eigenvalue weighted by Crippen LogP contribution is 2.23. The number of phenols is 1. The summed E-state index contributed by atoms with van der Waals surface area (Å²) in [7, 11) is 0. The van der Waals surface area contributed by atoms with Gasteiger partial charge in [-0.1, -0.05) is 79.5 Å². The summed E-state index contributed by atoms with van der Waals surface area (Å²) < 4.78 is 0. The van der Waals surface area contributed by atoms with Crippen molar-refractivity contribution in [2.24, 2.45) is 33.8 Å². The van der Waals surface area contributed by atoms with Crippen LogP contribution in [-0.2, 0) is 67.2 Å². The number of para-hydroxylation sites is 1. The Balaban J connectivity index is 1.19. The van der Waals surface area contributed by atoms with E-state index in [4.69, 9.17) is 46.1 Å². The van der Waals surface area contributed by atoms with Gasteiger partial charge in [0.25, 0.3) is 0 Å². The molecule has 0 spiro atoms. The quantitative estimate of drug-likeness (QED) is 0.0153. The minimum atomic E-state index is -1.76. The van der Waals surface area contributed by atoms with E-state index in [1.165, 1.54) is 43.0 Å². The summed E-state index contributed by atoms with van der Waals surface area (Å²) in [6.07, 6.45) is 2.95. The number of hydrogen-bond donors (Lipinski definition) is 16. The van der Waals surface area contributed by atoms with Crippen LogP contribution in [0.15, 0.2) is 108 Å². The van der Waals surface area contributed by atoms with Crippen LogP contribution in [0, 0.1) is 5.92 Å². The number of anilines is 1. The molecule has 4 aromatic carbocycles. The van der Waals surface area contributed by atoms with Crippen molar-refractivity contribution in [3.8, 4) is 5.75 Å². The standard InChI is InChI=1S/C67H90Cl2N16O12/c1-37(2)31-52(61(92)80-51(14-9-29-74-67(72)73)66(97)85-30-10-15-56(85)65(96)77-38(3)57(88)78-45-24-22-44(69)23-25-45)82-60(91)50(13-7-8-28-70)79-62(93)53(33-41-18-26-46(87)27-19-41)83-64(95)55(36-86)84-63(94)54(34-42-35-75-49-12-6-5-11-47(42)49)81-58(89)39(4)76-59(90)48(71)32-40-16-20-43(68)21-17-40/h5-6,11-12,16-27,35,37-39,48,50-56,75,86-87H,7-10,13-15,28-34,36,70-71H2,1-4H3,(H,76,90)(H,77,96)(H,78,88)(H,79,93)(H,80,92)(H,81,89)(H,82,91)(H,83,95)(H,84,94)(H4,72,73,74)/t38-,39+,48+,50-,51+,52+,53+,54-,55+,56+/m1/s1. The van der Waals surface area contributed by atoms with Gasteiger partial charge in [0.15, 0.2) is 5.96 Å². The third-order valence-electron chi connectivity index (χ3n) is 16.2. The normalized spacial score (nSPS) is 15.6. The van der Waals surface area contributed by atoms with Crippen molar-refractivity contribution in [2.75, 3.05) is 31.6 Å². The Morgan fingerprint density at radius 2 is 1.13 bits per heavy atom. The minimum absolute atomic E-state index is 0.00700. The van der Waals surface area contributed by atoms with Gasteiger partial charge >= 0.3 is 0 Å². The molecule has 0 radical (unpaired) electrons. The Morgan fingerprint density at radius 3 is 1.78 bits per heavy atom. The van der Waals surface area contributed by atoms with Crippen LogP contribution in [0.4, 0.5) is 5.69 Å². The van der Waals surface area contributed by atoms with Gasteiger partial charge in [-0.2, -0.15) is 0 Å². The van der Waals surface area contributed by atoms with Gasteiger partial charge in [-0.15, -0.1) is 0 Å². The second-order valence-corrected chi connectivity index (χ2v) is 25.3. The number of fused-ring (bicyclic) bond motifs is 1. The Morgan fingerprint density at radius 1 is 0.598 bits per heavy atom. The fourth-order valence-electron chi connectivity index (χ4n) is 10.9. The lowest BCUT2D eigenvalue weighted by Crippen LogP contribution is -2.61. The molecule has 1 aliphatic heterocycles.